The Morgan fingerprint density at radius 1 is 0.750 bits per heavy atom. The largest absolute Gasteiger partial charge is 0.293 e. The van der Waals surface area contributed by atoms with Crippen molar-refractivity contribution in [1.29, 1.82) is 0 Å². The highest BCUT2D eigenvalue weighted by Crippen LogP contribution is 2.29. The van der Waals surface area contributed by atoms with Gasteiger partial charge in [0.15, 0.2) is 0 Å². The fourth-order valence-electron chi connectivity index (χ4n) is 4.64. The molecule has 0 unspecified atom stereocenters. The average Bonchev–Trinajstić information content (AvgIpc) is 2.75. The van der Waals surface area contributed by atoms with E-state index in [-0.39, 0.29) is 0 Å². The molecule has 1 aliphatic rings. The van der Waals surface area contributed by atoms with Gasteiger partial charge in [0.25, 0.3) is 0 Å². The minimum Gasteiger partial charge on any atom is -0.293 e. The second-order valence-electron chi connectivity index (χ2n) is 8.00. The molecular formula is C24H36N4. The molecule has 28 heavy (non-hydrogen) atoms. The summed E-state index contributed by atoms with van der Waals surface area (Å²) in [5.74, 6) is 0. The predicted molar refractivity (Wildman–Crippen MR) is 116 cm³/mol. The van der Waals surface area contributed by atoms with E-state index in [1.807, 2.05) is 24.5 Å². The second kappa shape index (κ2) is 11.3. The SMILES string of the molecule is CCCN(Cc1ccccn1)[C@H]1CCCC[C@@H]1N(CCC)Cc1ccccn1. The molecule has 3 rings (SSSR count). The van der Waals surface area contributed by atoms with Gasteiger partial charge in [-0.3, -0.25) is 19.8 Å². The van der Waals surface area contributed by atoms with Crippen LogP contribution in [0.1, 0.15) is 63.8 Å². The molecule has 0 radical (unpaired) electrons. The van der Waals surface area contributed by atoms with Crippen LogP contribution >= 0.6 is 0 Å². The first-order chi connectivity index (χ1) is 13.8. The number of nitrogens with zero attached hydrogens (tertiary/aromatic N) is 4. The number of aromatic nitrogens is 2. The monoisotopic (exact) mass is 380 g/mol. The summed E-state index contributed by atoms with van der Waals surface area (Å²) < 4.78 is 0. The molecule has 1 fully saturated rings. The van der Waals surface area contributed by atoms with Crippen LogP contribution in [0.15, 0.2) is 48.8 Å². The highest BCUT2D eigenvalue weighted by Gasteiger charge is 2.33. The van der Waals surface area contributed by atoms with Gasteiger partial charge in [0.05, 0.1) is 11.4 Å². The van der Waals surface area contributed by atoms with Crippen molar-refractivity contribution in [3.63, 3.8) is 0 Å². The van der Waals surface area contributed by atoms with Crippen LogP contribution in [0.2, 0.25) is 0 Å². The van der Waals surface area contributed by atoms with Crippen molar-refractivity contribution in [1.82, 2.24) is 19.8 Å². The number of hydrogen-bond donors (Lipinski definition) is 0. The van der Waals surface area contributed by atoms with E-state index >= 15 is 0 Å². The predicted octanol–water partition coefficient (Wildman–Crippen LogP) is 4.91. The molecule has 2 aromatic heterocycles. The van der Waals surface area contributed by atoms with Crippen LogP contribution in [0.25, 0.3) is 0 Å². The van der Waals surface area contributed by atoms with Crippen molar-refractivity contribution in [3.05, 3.63) is 60.2 Å². The minimum atomic E-state index is 0.603. The maximum atomic E-state index is 4.60. The van der Waals surface area contributed by atoms with Crippen molar-refractivity contribution in [3.8, 4) is 0 Å². The molecule has 2 atom stereocenters. The van der Waals surface area contributed by atoms with E-state index < -0.39 is 0 Å². The third-order valence-corrected chi connectivity index (χ3v) is 5.84. The topological polar surface area (TPSA) is 32.3 Å². The van der Waals surface area contributed by atoms with Crippen LogP contribution in [0.4, 0.5) is 0 Å². The summed E-state index contributed by atoms with van der Waals surface area (Å²) in [5, 5.41) is 0. The average molecular weight is 381 g/mol. The minimum absolute atomic E-state index is 0.603. The van der Waals surface area contributed by atoms with Gasteiger partial charge in [0, 0.05) is 37.6 Å². The van der Waals surface area contributed by atoms with E-state index in [1.165, 1.54) is 49.9 Å². The van der Waals surface area contributed by atoms with E-state index in [0.29, 0.717) is 12.1 Å². The molecule has 0 spiro atoms. The Hall–Kier alpha value is -1.78. The lowest BCUT2D eigenvalue weighted by Gasteiger charge is -2.45. The highest BCUT2D eigenvalue weighted by molar-refractivity contribution is 5.06. The van der Waals surface area contributed by atoms with Gasteiger partial charge < -0.3 is 0 Å². The molecule has 0 bridgehead atoms. The first-order valence-electron chi connectivity index (χ1n) is 11.1. The van der Waals surface area contributed by atoms with Gasteiger partial charge in [-0.05, 0) is 63.0 Å². The van der Waals surface area contributed by atoms with E-state index in [4.69, 9.17) is 0 Å². The Bertz CT molecular complexity index is 601. The summed E-state index contributed by atoms with van der Waals surface area (Å²) in [4.78, 5) is 14.6. The molecule has 2 heterocycles. The first kappa shape index (κ1) is 20.9. The maximum Gasteiger partial charge on any atom is 0.0544 e. The molecular weight excluding hydrogens is 344 g/mol. The molecule has 4 heteroatoms. The summed E-state index contributed by atoms with van der Waals surface area (Å²) in [5.41, 5.74) is 2.37. The molecule has 0 amide bonds. The van der Waals surface area contributed by atoms with Crippen LogP contribution in [-0.2, 0) is 13.1 Å². The Balaban J connectivity index is 1.78. The van der Waals surface area contributed by atoms with E-state index in [2.05, 4.69) is 57.9 Å². The lowest BCUT2D eigenvalue weighted by molar-refractivity contribution is 0.0372. The Kier molecular flexibility index (Phi) is 8.43. The van der Waals surface area contributed by atoms with E-state index in [0.717, 1.165) is 26.2 Å². The quantitative estimate of drug-likeness (QED) is 0.586. The van der Waals surface area contributed by atoms with Crippen LogP contribution in [0.5, 0.6) is 0 Å². The Morgan fingerprint density at radius 2 is 1.21 bits per heavy atom. The van der Waals surface area contributed by atoms with Gasteiger partial charge in [-0.1, -0.05) is 38.8 Å². The van der Waals surface area contributed by atoms with Crippen LogP contribution in [0.3, 0.4) is 0 Å². The summed E-state index contributed by atoms with van der Waals surface area (Å²) in [6.45, 7) is 8.78. The number of hydrogen-bond acceptors (Lipinski definition) is 4. The van der Waals surface area contributed by atoms with Gasteiger partial charge >= 0.3 is 0 Å². The van der Waals surface area contributed by atoms with Crippen LogP contribution in [0, 0.1) is 0 Å². The smallest absolute Gasteiger partial charge is 0.0544 e. The molecule has 152 valence electrons. The molecule has 4 nitrogen and oxygen atoms in total. The summed E-state index contributed by atoms with van der Waals surface area (Å²) in [7, 11) is 0. The highest BCUT2D eigenvalue weighted by atomic mass is 15.3. The third-order valence-electron chi connectivity index (χ3n) is 5.84. The number of pyridine rings is 2. The second-order valence-corrected chi connectivity index (χ2v) is 8.00. The zero-order valence-electron chi connectivity index (χ0n) is 17.6. The lowest BCUT2D eigenvalue weighted by Crippen LogP contribution is -2.53. The van der Waals surface area contributed by atoms with Crippen molar-refractivity contribution < 1.29 is 0 Å². The van der Waals surface area contributed by atoms with Crippen molar-refractivity contribution in [2.75, 3.05) is 13.1 Å². The normalized spacial score (nSPS) is 20.0. The lowest BCUT2D eigenvalue weighted by atomic mass is 9.87. The van der Waals surface area contributed by atoms with Gasteiger partial charge in [0.1, 0.15) is 0 Å². The Morgan fingerprint density at radius 3 is 1.57 bits per heavy atom. The summed E-state index contributed by atoms with van der Waals surface area (Å²) >= 11 is 0. The van der Waals surface area contributed by atoms with Crippen LogP contribution < -0.4 is 0 Å². The van der Waals surface area contributed by atoms with Gasteiger partial charge in [-0.2, -0.15) is 0 Å². The zero-order valence-corrected chi connectivity index (χ0v) is 17.6. The molecule has 1 aliphatic carbocycles. The van der Waals surface area contributed by atoms with E-state index in [9.17, 15) is 0 Å². The van der Waals surface area contributed by atoms with Crippen molar-refractivity contribution in [2.24, 2.45) is 0 Å². The number of rotatable bonds is 10. The van der Waals surface area contributed by atoms with Gasteiger partial charge in [-0.25, -0.2) is 0 Å². The molecule has 0 aromatic carbocycles. The van der Waals surface area contributed by atoms with Crippen molar-refractivity contribution in [2.45, 2.75) is 77.5 Å². The fourth-order valence-corrected chi connectivity index (χ4v) is 4.64. The molecule has 1 saturated carbocycles. The first-order valence-corrected chi connectivity index (χ1v) is 11.1. The standard InChI is InChI=1S/C24H36N4/c1-3-17-27(19-21-11-7-9-15-25-21)23-13-5-6-14-24(23)28(18-4-2)20-22-12-8-10-16-26-22/h7-12,15-16,23-24H,3-6,13-14,17-20H2,1-2H3/t23-,24-/m0/s1. The van der Waals surface area contributed by atoms with Crippen molar-refractivity contribution >= 4 is 0 Å². The summed E-state index contributed by atoms with van der Waals surface area (Å²) in [6, 6.07) is 13.8. The fraction of sp³-hybridized carbons (Fsp3) is 0.583. The molecule has 2 aromatic rings. The summed E-state index contributed by atoms with van der Waals surface area (Å²) in [6.07, 6.45) is 11.5. The van der Waals surface area contributed by atoms with Gasteiger partial charge in [0.2, 0.25) is 0 Å². The zero-order chi connectivity index (χ0) is 19.6. The van der Waals surface area contributed by atoms with Crippen LogP contribution in [-0.4, -0.2) is 44.9 Å². The van der Waals surface area contributed by atoms with Gasteiger partial charge in [-0.15, -0.1) is 0 Å². The Labute approximate surface area is 171 Å². The molecule has 0 aliphatic heterocycles. The molecule has 0 saturated heterocycles. The van der Waals surface area contributed by atoms with E-state index in [1.54, 1.807) is 0 Å². The third kappa shape index (κ3) is 5.86. The molecule has 0 N–H and O–H groups in total. The maximum absolute atomic E-state index is 4.60.